The molecule has 8 nitrogen and oxygen atoms in total. The summed E-state index contributed by atoms with van der Waals surface area (Å²) >= 11 is 6.47. The van der Waals surface area contributed by atoms with Crippen LogP contribution in [0, 0.1) is 0 Å². The predicted octanol–water partition coefficient (Wildman–Crippen LogP) is 3.07. The zero-order chi connectivity index (χ0) is 23.4. The van der Waals surface area contributed by atoms with Crippen LogP contribution in [0.15, 0.2) is 48.5 Å². The van der Waals surface area contributed by atoms with Gasteiger partial charge in [-0.25, -0.2) is 0 Å². The number of hydrogen-bond donors (Lipinski definition) is 4. The Morgan fingerprint density at radius 2 is 1.91 bits per heavy atom. The third kappa shape index (κ3) is 5.07. The first-order valence-electron chi connectivity index (χ1n) is 11.1. The molecule has 3 aromatic rings. The number of carbonyl (C=O) groups excluding carboxylic acids is 1. The highest BCUT2D eigenvalue weighted by molar-refractivity contribution is 6.31. The van der Waals surface area contributed by atoms with Crippen molar-refractivity contribution in [1.29, 1.82) is 0 Å². The second kappa shape index (κ2) is 10.1. The standard InChI is InChI=1S/C24H30ClN7O/c1-28-22-21(23(33)29-13-16-7-3-5-11-20(16)27)32(14-17-8-2-4-10-19(17)25)24(30-22)31-12-6-9-18(26)15-31/h2-5,7-8,10-11,18,28H,6,9,12-15,26-27H2,1H3,(H,29,33)/t18-/m1/s1. The molecule has 2 heterocycles. The molecular formula is C24H30ClN7O. The molecule has 1 aliphatic rings. The topological polar surface area (TPSA) is 114 Å². The first-order chi connectivity index (χ1) is 16.0. The Morgan fingerprint density at radius 3 is 2.61 bits per heavy atom. The summed E-state index contributed by atoms with van der Waals surface area (Å²) in [6.45, 7) is 2.24. The van der Waals surface area contributed by atoms with Crippen molar-refractivity contribution < 1.29 is 4.79 Å². The summed E-state index contributed by atoms with van der Waals surface area (Å²) in [6.07, 6.45) is 1.95. The van der Waals surface area contributed by atoms with Gasteiger partial charge >= 0.3 is 0 Å². The van der Waals surface area contributed by atoms with Crippen LogP contribution in [-0.4, -0.2) is 41.6 Å². The number of piperidine rings is 1. The number of nitrogens with zero attached hydrogens (tertiary/aromatic N) is 3. The summed E-state index contributed by atoms with van der Waals surface area (Å²) in [5.74, 6) is 0.975. The van der Waals surface area contributed by atoms with Crippen molar-refractivity contribution >= 4 is 35.0 Å². The van der Waals surface area contributed by atoms with Gasteiger partial charge in [-0.3, -0.25) is 9.36 Å². The van der Waals surface area contributed by atoms with E-state index in [2.05, 4.69) is 15.5 Å². The Morgan fingerprint density at radius 1 is 1.18 bits per heavy atom. The van der Waals surface area contributed by atoms with Crippen LogP contribution in [0.3, 0.4) is 0 Å². The van der Waals surface area contributed by atoms with E-state index >= 15 is 0 Å². The van der Waals surface area contributed by atoms with E-state index in [9.17, 15) is 4.79 Å². The third-order valence-electron chi connectivity index (χ3n) is 5.92. The van der Waals surface area contributed by atoms with E-state index in [0.29, 0.717) is 47.8 Å². The number of nitrogen functional groups attached to an aromatic ring is 1. The molecule has 1 saturated heterocycles. The van der Waals surface area contributed by atoms with Gasteiger partial charge in [-0.2, -0.15) is 4.98 Å². The molecule has 0 radical (unpaired) electrons. The number of aromatic nitrogens is 2. The number of carbonyl (C=O) groups is 1. The minimum atomic E-state index is -0.241. The van der Waals surface area contributed by atoms with Crippen molar-refractivity contribution in [2.24, 2.45) is 5.73 Å². The highest BCUT2D eigenvalue weighted by Crippen LogP contribution is 2.29. The van der Waals surface area contributed by atoms with Gasteiger partial charge in [0.15, 0.2) is 11.5 Å². The molecule has 33 heavy (non-hydrogen) atoms. The van der Waals surface area contributed by atoms with Crippen LogP contribution >= 0.6 is 11.6 Å². The first-order valence-corrected chi connectivity index (χ1v) is 11.5. The molecule has 0 aliphatic carbocycles. The summed E-state index contributed by atoms with van der Waals surface area (Å²) in [4.78, 5) is 20.4. The highest BCUT2D eigenvalue weighted by Gasteiger charge is 2.28. The normalized spacial score (nSPS) is 16.0. The Bertz CT molecular complexity index is 1130. The number of amides is 1. The third-order valence-corrected chi connectivity index (χ3v) is 6.29. The number of anilines is 3. The van der Waals surface area contributed by atoms with Crippen LogP contribution in [0.1, 0.15) is 34.5 Å². The fourth-order valence-electron chi connectivity index (χ4n) is 4.18. The lowest BCUT2D eigenvalue weighted by molar-refractivity contribution is 0.0943. The van der Waals surface area contributed by atoms with Crippen molar-refractivity contribution in [2.45, 2.75) is 32.0 Å². The highest BCUT2D eigenvalue weighted by atomic mass is 35.5. The van der Waals surface area contributed by atoms with Crippen molar-refractivity contribution in [3.63, 3.8) is 0 Å². The molecule has 1 amide bonds. The molecule has 9 heteroatoms. The van der Waals surface area contributed by atoms with Gasteiger partial charge in [0.1, 0.15) is 0 Å². The maximum atomic E-state index is 13.4. The molecular weight excluding hydrogens is 438 g/mol. The van der Waals surface area contributed by atoms with Crippen molar-refractivity contribution in [3.8, 4) is 0 Å². The van der Waals surface area contributed by atoms with Gasteiger partial charge in [0.05, 0.1) is 6.54 Å². The van der Waals surface area contributed by atoms with Gasteiger partial charge in [-0.15, -0.1) is 0 Å². The molecule has 0 spiro atoms. The molecule has 1 aliphatic heterocycles. The Balaban J connectivity index is 1.71. The molecule has 6 N–H and O–H groups in total. The summed E-state index contributed by atoms with van der Waals surface area (Å²) in [7, 11) is 1.76. The zero-order valence-electron chi connectivity index (χ0n) is 18.7. The maximum absolute atomic E-state index is 13.4. The monoisotopic (exact) mass is 467 g/mol. The van der Waals surface area contributed by atoms with E-state index in [1.165, 1.54) is 0 Å². The van der Waals surface area contributed by atoms with Gasteiger partial charge in [0.25, 0.3) is 5.91 Å². The van der Waals surface area contributed by atoms with Crippen LogP contribution in [0.4, 0.5) is 17.5 Å². The van der Waals surface area contributed by atoms with Crippen molar-refractivity contribution in [2.75, 3.05) is 36.1 Å². The number of nitrogens with one attached hydrogen (secondary N) is 2. The molecule has 0 saturated carbocycles. The van der Waals surface area contributed by atoms with E-state index < -0.39 is 0 Å². The molecule has 0 unspecified atom stereocenters. The lowest BCUT2D eigenvalue weighted by Crippen LogP contribution is -2.44. The van der Waals surface area contributed by atoms with Gasteiger partial charge in [-0.1, -0.05) is 48.0 Å². The van der Waals surface area contributed by atoms with E-state index in [4.69, 9.17) is 28.1 Å². The van der Waals surface area contributed by atoms with E-state index in [0.717, 1.165) is 30.5 Å². The molecule has 174 valence electrons. The van der Waals surface area contributed by atoms with Crippen LogP contribution in [0.5, 0.6) is 0 Å². The second-order valence-electron chi connectivity index (χ2n) is 8.27. The quantitative estimate of drug-likeness (QED) is 0.397. The fraction of sp³-hybridized carbons (Fsp3) is 0.333. The zero-order valence-corrected chi connectivity index (χ0v) is 19.5. The maximum Gasteiger partial charge on any atom is 0.272 e. The number of halogens is 1. The number of rotatable bonds is 7. The minimum Gasteiger partial charge on any atom is -0.398 e. The van der Waals surface area contributed by atoms with Crippen molar-refractivity contribution in [1.82, 2.24) is 14.9 Å². The SMILES string of the molecule is CNc1nc(N2CCC[C@@H](N)C2)n(Cc2ccccc2Cl)c1C(=O)NCc1ccccc1N. The van der Waals surface area contributed by atoms with Crippen LogP contribution in [0.25, 0.3) is 0 Å². The lowest BCUT2D eigenvalue weighted by Gasteiger charge is -2.32. The van der Waals surface area contributed by atoms with E-state index in [-0.39, 0.29) is 11.9 Å². The smallest absolute Gasteiger partial charge is 0.272 e. The summed E-state index contributed by atoms with van der Waals surface area (Å²) < 4.78 is 1.93. The molecule has 1 fully saturated rings. The summed E-state index contributed by atoms with van der Waals surface area (Å²) in [6, 6.07) is 15.2. The number of benzene rings is 2. The van der Waals surface area contributed by atoms with E-state index in [1.54, 1.807) is 7.05 Å². The average Bonchev–Trinajstić information content (AvgIpc) is 3.18. The summed E-state index contributed by atoms with van der Waals surface area (Å²) in [5.41, 5.74) is 15.1. The lowest BCUT2D eigenvalue weighted by atomic mass is 10.1. The van der Waals surface area contributed by atoms with E-state index in [1.807, 2.05) is 53.1 Å². The number of nitrogens with two attached hydrogens (primary N) is 2. The summed E-state index contributed by atoms with van der Waals surface area (Å²) in [5, 5.41) is 6.73. The Hall–Kier alpha value is -3.23. The fourth-order valence-corrected chi connectivity index (χ4v) is 4.38. The molecule has 2 aromatic carbocycles. The molecule has 1 aromatic heterocycles. The molecule has 1 atom stereocenters. The largest absolute Gasteiger partial charge is 0.398 e. The molecule has 0 bridgehead atoms. The number of para-hydroxylation sites is 1. The Kier molecular flexibility index (Phi) is 7.05. The van der Waals surface area contributed by atoms with Gasteiger partial charge in [0, 0.05) is 43.4 Å². The second-order valence-corrected chi connectivity index (χ2v) is 8.67. The van der Waals surface area contributed by atoms with Gasteiger partial charge < -0.3 is 27.0 Å². The predicted molar refractivity (Wildman–Crippen MR) is 134 cm³/mol. The average molecular weight is 468 g/mol. The van der Waals surface area contributed by atoms with Crippen LogP contribution in [0.2, 0.25) is 5.02 Å². The first kappa shape index (κ1) is 22.9. The Labute approximate surface area is 198 Å². The number of imidazole rings is 1. The van der Waals surface area contributed by atoms with Crippen LogP contribution < -0.4 is 27.0 Å². The van der Waals surface area contributed by atoms with Gasteiger partial charge in [-0.05, 0) is 36.1 Å². The minimum absolute atomic E-state index is 0.0700. The molecule has 4 rings (SSSR count). The number of hydrogen-bond acceptors (Lipinski definition) is 6. The van der Waals surface area contributed by atoms with Gasteiger partial charge in [0.2, 0.25) is 5.95 Å². The van der Waals surface area contributed by atoms with Crippen LogP contribution in [-0.2, 0) is 13.1 Å². The van der Waals surface area contributed by atoms with Crippen molar-refractivity contribution in [3.05, 3.63) is 70.4 Å².